The number of hydrogen-bond donors (Lipinski definition) is 0. The predicted molar refractivity (Wildman–Crippen MR) is 53.8 cm³/mol. The van der Waals surface area contributed by atoms with Crippen molar-refractivity contribution in [1.82, 2.24) is 4.90 Å². The van der Waals surface area contributed by atoms with Gasteiger partial charge in [0.05, 0.1) is 19.3 Å². The lowest BCUT2D eigenvalue weighted by molar-refractivity contribution is -0.0803. The Morgan fingerprint density at radius 1 is 1.31 bits per heavy atom. The second-order valence-corrected chi connectivity index (χ2v) is 4.89. The average Bonchev–Trinajstić information content (AvgIpc) is 2.06. The molecule has 0 aromatic carbocycles. The van der Waals surface area contributed by atoms with E-state index >= 15 is 0 Å². The molecule has 2 aliphatic rings. The van der Waals surface area contributed by atoms with Crippen molar-refractivity contribution < 1.29 is 4.74 Å². The fraction of sp³-hybridized carbons (Fsp3) is 1.00. The minimum absolute atomic E-state index is 0.626. The van der Waals surface area contributed by atoms with E-state index in [4.69, 9.17) is 4.74 Å². The molecule has 0 atom stereocenters. The standard InChI is InChI=1S/C11H21NO/c1-3-11(2)4-6-12(7-5-11)10-8-13-9-10/h10H,3-9H2,1-2H3. The average molecular weight is 183 g/mol. The van der Waals surface area contributed by atoms with E-state index in [1.165, 1.54) is 32.4 Å². The van der Waals surface area contributed by atoms with E-state index in [9.17, 15) is 0 Å². The third-order valence-corrected chi connectivity index (χ3v) is 4.00. The van der Waals surface area contributed by atoms with Crippen molar-refractivity contribution in [2.45, 2.75) is 39.2 Å². The van der Waals surface area contributed by atoms with Gasteiger partial charge in [0.2, 0.25) is 0 Å². The van der Waals surface area contributed by atoms with Crippen molar-refractivity contribution in [2.24, 2.45) is 5.41 Å². The van der Waals surface area contributed by atoms with Crippen LogP contribution in [-0.4, -0.2) is 37.2 Å². The van der Waals surface area contributed by atoms with Gasteiger partial charge in [-0.25, -0.2) is 0 Å². The van der Waals surface area contributed by atoms with Gasteiger partial charge in [0.1, 0.15) is 0 Å². The molecule has 0 amide bonds. The van der Waals surface area contributed by atoms with Gasteiger partial charge in [0.25, 0.3) is 0 Å². The molecule has 2 aliphatic heterocycles. The zero-order valence-electron chi connectivity index (χ0n) is 8.88. The molecular weight excluding hydrogens is 162 g/mol. The first-order valence-corrected chi connectivity index (χ1v) is 5.55. The van der Waals surface area contributed by atoms with Crippen LogP contribution in [0.25, 0.3) is 0 Å². The van der Waals surface area contributed by atoms with Crippen LogP contribution >= 0.6 is 0 Å². The normalized spacial score (nSPS) is 30.0. The maximum Gasteiger partial charge on any atom is 0.0645 e. The second-order valence-electron chi connectivity index (χ2n) is 4.89. The molecule has 2 heterocycles. The van der Waals surface area contributed by atoms with Gasteiger partial charge in [-0.2, -0.15) is 0 Å². The van der Waals surface area contributed by atoms with Crippen LogP contribution in [0.4, 0.5) is 0 Å². The van der Waals surface area contributed by atoms with Gasteiger partial charge < -0.3 is 4.74 Å². The van der Waals surface area contributed by atoms with Gasteiger partial charge in [-0.1, -0.05) is 20.3 Å². The monoisotopic (exact) mass is 183 g/mol. The highest BCUT2D eigenvalue weighted by Crippen LogP contribution is 2.35. The van der Waals surface area contributed by atoms with Crippen molar-refractivity contribution in [3.63, 3.8) is 0 Å². The maximum absolute atomic E-state index is 5.22. The van der Waals surface area contributed by atoms with E-state index in [0.717, 1.165) is 19.3 Å². The lowest BCUT2D eigenvalue weighted by Gasteiger charge is -2.45. The quantitative estimate of drug-likeness (QED) is 0.648. The van der Waals surface area contributed by atoms with Crippen molar-refractivity contribution in [2.75, 3.05) is 26.3 Å². The Balaban J connectivity index is 1.81. The minimum atomic E-state index is 0.626. The van der Waals surface area contributed by atoms with Crippen LogP contribution in [0.5, 0.6) is 0 Å². The van der Waals surface area contributed by atoms with Crippen molar-refractivity contribution in [3.8, 4) is 0 Å². The molecule has 2 saturated heterocycles. The summed E-state index contributed by atoms with van der Waals surface area (Å²) in [6.45, 7) is 9.28. The molecule has 0 bridgehead atoms. The highest BCUT2D eigenvalue weighted by Gasteiger charge is 2.33. The smallest absolute Gasteiger partial charge is 0.0645 e. The van der Waals surface area contributed by atoms with Gasteiger partial charge in [-0.15, -0.1) is 0 Å². The van der Waals surface area contributed by atoms with Gasteiger partial charge in [0, 0.05) is 0 Å². The molecule has 2 fully saturated rings. The Kier molecular flexibility index (Phi) is 2.61. The molecule has 0 spiro atoms. The van der Waals surface area contributed by atoms with Crippen LogP contribution in [0, 0.1) is 5.41 Å². The van der Waals surface area contributed by atoms with Crippen molar-refractivity contribution >= 4 is 0 Å². The lowest BCUT2D eigenvalue weighted by Crippen LogP contribution is -2.53. The van der Waals surface area contributed by atoms with E-state index in [1.807, 2.05) is 0 Å². The summed E-state index contributed by atoms with van der Waals surface area (Å²) >= 11 is 0. The summed E-state index contributed by atoms with van der Waals surface area (Å²) < 4.78 is 5.22. The number of likely N-dealkylation sites (tertiary alicyclic amines) is 1. The van der Waals surface area contributed by atoms with Gasteiger partial charge >= 0.3 is 0 Å². The SMILES string of the molecule is CCC1(C)CCN(C2COC2)CC1. The first-order chi connectivity index (χ1) is 6.23. The summed E-state index contributed by atoms with van der Waals surface area (Å²) in [5.74, 6) is 0. The number of rotatable bonds is 2. The van der Waals surface area contributed by atoms with E-state index in [0.29, 0.717) is 5.41 Å². The molecule has 0 N–H and O–H groups in total. The second kappa shape index (κ2) is 3.58. The molecule has 0 unspecified atom stereocenters. The number of piperidine rings is 1. The molecule has 0 radical (unpaired) electrons. The fourth-order valence-corrected chi connectivity index (χ4v) is 2.22. The molecule has 2 nitrogen and oxygen atoms in total. The molecule has 13 heavy (non-hydrogen) atoms. The number of hydrogen-bond acceptors (Lipinski definition) is 2. The van der Waals surface area contributed by atoms with Crippen LogP contribution in [0.15, 0.2) is 0 Å². The van der Waals surface area contributed by atoms with Crippen LogP contribution in [0.2, 0.25) is 0 Å². The van der Waals surface area contributed by atoms with E-state index < -0.39 is 0 Å². The largest absolute Gasteiger partial charge is 0.378 e. The molecular formula is C11H21NO. The molecule has 76 valence electrons. The molecule has 2 rings (SSSR count). The Hall–Kier alpha value is -0.0800. The molecule has 0 aromatic rings. The van der Waals surface area contributed by atoms with Gasteiger partial charge in [0.15, 0.2) is 0 Å². The molecule has 2 heteroatoms. The van der Waals surface area contributed by atoms with Gasteiger partial charge in [-0.3, -0.25) is 4.90 Å². The fourth-order valence-electron chi connectivity index (χ4n) is 2.22. The van der Waals surface area contributed by atoms with Gasteiger partial charge in [-0.05, 0) is 31.3 Å². The van der Waals surface area contributed by atoms with Crippen molar-refractivity contribution in [3.05, 3.63) is 0 Å². The van der Waals surface area contributed by atoms with E-state index in [1.54, 1.807) is 0 Å². The minimum Gasteiger partial charge on any atom is -0.378 e. The topological polar surface area (TPSA) is 12.5 Å². The number of ether oxygens (including phenoxy) is 1. The maximum atomic E-state index is 5.22. The van der Waals surface area contributed by atoms with Crippen molar-refractivity contribution in [1.29, 1.82) is 0 Å². The summed E-state index contributed by atoms with van der Waals surface area (Å²) in [6.07, 6.45) is 4.09. The molecule has 0 aliphatic carbocycles. The third kappa shape index (κ3) is 1.89. The Morgan fingerprint density at radius 3 is 2.31 bits per heavy atom. The summed E-state index contributed by atoms with van der Waals surface area (Å²) in [7, 11) is 0. The zero-order chi connectivity index (χ0) is 9.31. The van der Waals surface area contributed by atoms with E-state index in [2.05, 4.69) is 18.7 Å². The van der Waals surface area contributed by atoms with Crippen LogP contribution in [0.1, 0.15) is 33.1 Å². The van der Waals surface area contributed by atoms with Crippen LogP contribution in [-0.2, 0) is 4.74 Å². The summed E-state index contributed by atoms with van der Waals surface area (Å²) in [4.78, 5) is 2.61. The van der Waals surface area contributed by atoms with Crippen LogP contribution in [0.3, 0.4) is 0 Å². The first-order valence-electron chi connectivity index (χ1n) is 5.55. The highest BCUT2D eigenvalue weighted by molar-refractivity contribution is 4.86. The summed E-state index contributed by atoms with van der Waals surface area (Å²) in [5.41, 5.74) is 0.626. The zero-order valence-corrected chi connectivity index (χ0v) is 8.88. The Labute approximate surface area is 81.3 Å². The lowest BCUT2D eigenvalue weighted by atomic mass is 9.78. The summed E-state index contributed by atoms with van der Waals surface area (Å²) in [6, 6.07) is 0.751. The van der Waals surface area contributed by atoms with E-state index in [-0.39, 0.29) is 0 Å². The highest BCUT2D eigenvalue weighted by atomic mass is 16.5. The Bertz CT molecular complexity index is 169. The predicted octanol–water partition coefficient (Wildman–Crippen LogP) is 1.90. The first kappa shape index (κ1) is 9.47. The Morgan fingerprint density at radius 2 is 1.92 bits per heavy atom. The molecule has 0 saturated carbocycles. The number of nitrogens with zero attached hydrogens (tertiary/aromatic N) is 1. The summed E-state index contributed by atoms with van der Waals surface area (Å²) in [5, 5.41) is 0. The molecule has 0 aromatic heterocycles. The van der Waals surface area contributed by atoms with Crippen LogP contribution < -0.4 is 0 Å². The third-order valence-electron chi connectivity index (χ3n) is 4.00.